The molecule has 1 unspecified atom stereocenters. The first-order chi connectivity index (χ1) is 8.84. The van der Waals surface area contributed by atoms with Gasteiger partial charge in [-0.05, 0) is 36.1 Å². The third kappa shape index (κ3) is 2.07. The molecule has 0 saturated heterocycles. The van der Waals surface area contributed by atoms with Crippen molar-refractivity contribution in [2.24, 2.45) is 5.73 Å². The van der Waals surface area contributed by atoms with E-state index < -0.39 is 0 Å². The first kappa shape index (κ1) is 11.2. The van der Waals surface area contributed by atoms with Gasteiger partial charge in [-0.25, -0.2) is 9.97 Å². The Morgan fingerprint density at radius 1 is 1.22 bits per heavy atom. The second-order valence-corrected chi connectivity index (χ2v) is 4.42. The Hall–Kier alpha value is -1.94. The van der Waals surface area contributed by atoms with Gasteiger partial charge in [0, 0.05) is 18.4 Å². The minimum atomic E-state index is 0.150. The topological polar surface area (TPSA) is 61.0 Å². The van der Waals surface area contributed by atoms with Gasteiger partial charge < -0.3 is 10.5 Å². The minimum absolute atomic E-state index is 0.150. The monoisotopic (exact) mass is 241 g/mol. The van der Waals surface area contributed by atoms with Crippen LogP contribution in [0, 0.1) is 0 Å². The summed E-state index contributed by atoms with van der Waals surface area (Å²) in [6.45, 7) is 0.395. The molecule has 1 aliphatic carbocycles. The van der Waals surface area contributed by atoms with Crippen LogP contribution in [0.4, 0.5) is 0 Å². The van der Waals surface area contributed by atoms with Gasteiger partial charge in [-0.2, -0.15) is 0 Å². The lowest BCUT2D eigenvalue weighted by atomic mass is 10.1. The van der Waals surface area contributed by atoms with E-state index in [0.717, 1.165) is 18.6 Å². The molecule has 1 aliphatic rings. The highest BCUT2D eigenvalue weighted by Crippen LogP contribution is 2.35. The standard InChI is InChI=1S/C14H15N3O/c15-12-6-5-11-10(12)3-1-4-13(11)18-9-14-16-7-2-8-17-14/h1-4,7-8,12H,5-6,9,15H2. The lowest BCUT2D eigenvalue weighted by molar-refractivity contribution is 0.293. The third-order valence-electron chi connectivity index (χ3n) is 3.25. The van der Waals surface area contributed by atoms with E-state index in [1.165, 1.54) is 11.1 Å². The third-order valence-corrected chi connectivity index (χ3v) is 3.25. The molecule has 4 nitrogen and oxygen atoms in total. The fourth-order valence-corrected chi connectivity index (χ4v) is 2.33. The van der Waals surface area contributed by atoms with E-state index in [4.69, 9.17) is 10.5 Å². The number of rotatable bonds is 3. The van der Waals surface area contributed by atoms with Crippen LogP contribution in [0.2, 0.25) is 0 Å². The van der Waals surface area contributed by atoms with Gasteiger partial charge in [0.15, 0.2) is 5.82 Å². The van der Waals surface area contributed by atoms with Crippen LogP contribution in [0.5, 0.6) is 5.75 Å². The number of nitrogens with zero attached hydrogens (tertiary/aromatic N) is 2. The second-order valence-electron chi connectivity index (χ2n) is 4.42. The van der Waals surface area contributed by atoms with Crippen molar-refractivity contribution >= 4 is 0 Å². The van der Waals surface area contributed by atoms with Crippen molar-refractivity contribution in [3.8, 4) is 5.75 Å². The second kappa shape index (κ2) is 4.74. The van der Waals surface area contributed by atoms with E-state index in [1.54, 1.807) is 18.5 Å². The zero-order valence-corrected chi connectivity index (χ0v) is 10.0. The van der Waals surface area contributed by atoms with Gasteiger partial charge in [-0.3, -0.25) is 0 Å². The van der Waals surface area contributed by atoms with E-state index in [-0.39, 0.29) is 6.04 Å². The fourth-order valence-electron chi connectivity index (χ4n) is 2.33. The van der Waals surface area contributed by atoms with Gasteiger partial charge in [0.25, 0.3) is 0 Å². The number of aromatic nitrogens is 2. The van der Waals surface area contributed by atoms with Crippen LogP contribution >= 0.6 is 0 Å². The molecule has 2 N–H and O–H groups in total. The van der Waals surface area contributed by atoms with Gasteiger partial charge in [-0.15, -0.1) is 0 Å². The summed E-state index contributed by atoms with van der Waals surface area (Å²) >= 11 is 0. The normalized spacial score (nSPS) is 17.5. The number of hydrogen-bond acceptors (Lipinski definition) is 4. The average Bonchev–Trinajstić information content (AvgIpc) is 2.80. The maximum absolute atomic E-state index is 6.04. The molecule has 3 rings (SSSR count). The fraction of sp³-hybridized carbons (Fsp3) is 0.286. The summed E-state index contributed by atoms with van der Waals surface area (Å²) in [4.78, 5) is 8.28. The van der Waals surface area contributed by atoms with Crippen LogP contribution in [0.1, 0.15) is 29.4 Å². The summed E-state index contributed by atoms with van der Waals surface area (Å²) in [5.41, 5.74) is 8.49. The van der Waals surface area contributed by atoms with Crippen molar-refractivity contribution in [1.82, 2.24) is 9.97 Å². The Balaban J connectivity index is 1.78. The zero-order valence-electron chi connectivity index (χ0n) is 10.0. The Bertz CT molecular complexity index is 542. The smallest absolute Gasteiger partial charge is 0.166 e. The molecule has 0 spiro atoms. The first-order valence-electron chi connectivity index (χ1n) is 6.10. The Morgan fingerprint density at radius 2 is 2.06 bits per heavy atom. The Morgan fingerprint density at radius 3 is 2.89 bits per heavy atom. The van der Waals surface area contributed by atoms with Crippen molar-refractivity contribution in [3.63, 3.8) is 0 Å². The van der Waals surface area contributed by atoms with E-state index in [1.807, 2.05) is 12.1 Å². The molecule has 0 aliphatic heterocycles. The maximum atomic E-state index is 6.04. The molecule has 4 heteroatoms. The SMILES string of the molecule is NC1CCc2c(OCc3ncccn3)cccc21. The van der Waals surface area contributed by atoms with E-state index in [9.17, 15) is 0 Å². The molecule has 0 radical (unpaired) electrons. The summed E-state index contributed by atoms with van der Waals surface area (Å²) in [5, 5.41) is 0. The van der Waals surface area contributed by atoms with Crippen molar-refractivity contribution in [2.75, 3.05) is 0 Å². The highest BCUT2D eigenvalue weighted by atomic mass is 16.5. The minimum Gasteiger partial charge on any atom is -0.485 e. The molecule has 0 fully saturated rings. The molecule has 0 amide bonds. The first-order valence-corrected chi connectivity index (χ1v) is 6.10. The van der Waals surface area contributed by atoms with Crippen molar-refractivity contribution in [3.05, 3.63) is 53.6 Å². The summed E-state index contributed by atoms with van der Waals surface area (Å²) in [5.74, 6) is 1.60. The molecule has 1 heterocycles. The number of ether oxygens (including phenoxy) is 1. The molecule has 2 aromatic rings. The zero-order chi connectivity index (χ0) is 12.4. The van der Waals surface area contributed by atoms with Crippen molar-refractivity contribution in [2.45, 2.75) is 25.5 Å². The van der Waals surface area contributed by atoms with Gasteiger partial charge in [0.1, 0.15) is 12.4 Å². The molecule has 18 heavy (non-hydrogen) atoms. The number of benzene rings is 1. The summed E-state index contributed by atoms with van der Waals surface area (Å²) < 4.78 is 5.80. The predicted molar refractivity (Wildman–Crippen MR) is 68.1 cm³/mol. The molecule has 1 aromatic heterocycles. The van der Waals surface area contributed by atoms with Gasteiger partial charge in [0.2, 0.25) is 0 Å². The van der Waals surface area contributed by atoms with Crippen LogP contribution in [0.15, 0.2) is 36.7 Å². The lowest BCUT2D eigenvalue weighted by Gasteiger charge is -2.10. The molecule has 0 bridgehead atoms. The highest BCUT2D eigenvalue weighted by Gasteiger charge is 2.22. The van der Waals surface area contributed by atoms with E-state index in [0.29, 0.717) is 12.4 Å². The van der Waals surface area contributed by atoms with Crippen LogP contribution in [0.3, 0.4) is 0 Å². The molecular weight excluding hydrogens is 226 g/mol. The lowest BCUT2D eigenvalue weighted by Crippen LogP contribution is -2.05. The van der Waals surface area contributed by atoms with Gasteiger partial charge in [0.05, 0.1) is 0 Å². The molecule has 1 aromatic carbocycles. The maximum Gasteiger partial charge on any atom is 0.166 e. The van der Waals surface area contributed by atoms with E-state index >= 15 is 0 Å². The Kier molecular flexibility index (Phi) is 2.94. The van der Waals surface area contributed by atoms with Crippen LogP contribution < -0.4 is 10.5 Å². The quantitative estimate of drug-likeness (QED) is 0.892. The van der Waals surface area contributed by atoms with Crippen LogP contribution in [-0.4, -0.2) is 9.97 Å². The largest absolute Gasteiger partial charge is 0.485 e. The number of nitrogens with two attached hydrogens (primary N) is 1. The molecule has 0 saturated carbocycles. The molecule has 92 valence electrons. The van der Waals surface area contributed by atoms with Crippen molar-refractivity contribution < 1.29 is 4.74 Å². The predicted octanol–water partition coefficient (Wildman–Crippen LogP) is 2.00. The molecular formula is C14H15N3O. The summed E-state index contributed by atoms with van der Waals surface area (Å²) in [7, 11) is 0. The van der Waals surface area contributed by atoms with Gasteiger partial charge in [-0.1, -0.05) is 12.1 Å². The van der Waals surface area contributed by atoms with Crippen LogP contribution in [0.25, 0.3) is 0 Å². The highest BCUT2D eigenvalue weighted by molar-refractivity contribution is 5.44. The summed E-state index contributed by atoms with van der Waals surface area (Å²) in [6, 6.07) is 8.00. The Labute approximate surface area is 106 Å². The average molecular weight is 241 g/mol. The van der Waals surface area contributed by atoms with E-state index in [2.05, 4.69) is 16.0 Å². The van der Waals surface area contributed by atoms with Gasteiger partial charge >= 0.3 is 0 Å². The number of hydrogen-bond donors (Lipinski definition) is 1. The van der Waals surface area contributed by atoms with Crippen LogP contribution in [-0.2, 0) is 13.0 Å². The summed E-state index contributed by atoms with van der Waals surface area (Å²) in [6.07, 6.45) is 5.42. The number of fused-ring (bicyclic) bond motifs is 1. The molecule has 1 atom stereocenters. The van der Waals surface area contributed by atoms with Crippen molar-refractivity contribution in [1.29, 1.82) is 0 Å².